The molecule has 2 aromatic carbocycles. The lowest BCUT2D eigenvalue weighted by atomic mass is 10.0. The molecule has 0 bridgehead atoms. The van der Waals surface area contributed by atoms with E-state index in [0.717, 1.165) is 12.8 Å². The van der Waals surface area contributed by atoms with Gasteiger partial charge in [-0.05, 0) is 61.2 Å². The summed E-state index contributed by atoms with van der Waals surface area (Å²) in [6.45, 7) is 0.555. The van der Waals surface area contributed by atoms with Gasteiger partial charge in [0.15, 0.2) is 0 Å². The Morgan fingerprint density at radius 3 is 2.56 bits per heavy atom. The van der Waals surface area contributed by atoms with Gasteiger partial charge in [0.25, 0.3) is 5.91 Å². The van der Waals surface area contributed by atoms with E-state index in [9.17, 15) is 14.0 Å². The molecule has 1 aliphatic carbocycles. The van der Waals surface area contributed by atoms with Gasteiger partial charge in [0.1, 0.15) is 11.5 Å². The molecule has 1 aliphatic heterocycles. The van der Waals surface area contributed by atoms with E-state index in [-0.39, 0.29) is 29.2 Å². The first kappa shape index (κ1) is 21.9. The number of halogens is 2. The fourth-order valence-corrected chi connectivity index (χ4v) is 4.58. The maximum atomic E-state index is 13.7. The zero-order chi connectivity index (χ0) is 24.0. The molecule has 0 unspecified atom stereocenters. The van der Waals surface area contributed by atoms with E-state index in [4.69, 9.17) is 22.6 Å². The SMILES string of the molecule is N#Cc1ccc(NC(=O)N2Cc3c(C(N)=O)c(-c4ccc(F)c(Cl)c4)nn3C[C@@H]2C2CC2)cc1. The molecule has 0 saturated heterocycles. The van der Waals surface area contributed by atoms with Crippen molar-refractivity contribution in [3.63, 3.8) is 0 Å². The minimum Gasteiger partial charge on any atom is -0.365 e. The summed E-state index contributed by atoms with van der Waals surface area (Å²) in [5, 5.41) is 16.4. The molecule has 3 amide bonds. The van der Waals surface area contributed by atoms with Crippen LogP contribution in [0.5, 0.6) is 0 Å². The molecule has 3 N–H and O–H groups in total. The first-order chi connectivity index (χ1) is 16.4. The molecule has 2 aliphatic rings. The minimum atomic E-state index is -0.686. The molecular formula is C24H20ClFN6O2. The fraction of sp³-hybridized carbons (Fsp3) is 0.250. The van der Waals surface area contributed by atoms with Crippen molar-refractivity contribution in [2.45, 2.75) is 32.0 Å². The number of rotatable bonds is 4. The van der Waals surface area contributed by atoms with Gasteiger partial charge >= 0.3 is 6.03 Å². The Morgan fingerprint density at radius 2 is 1.94 bits per heavy atom. The first-order valence-corrected chi connectivity index (χ1v) is 11.2. The zero-order valence-corrected chi connectivity index (χ0v) is 18.7. The number of primary amides is 1. The molecule has 0 spiro atoms. The monoisotopic (exact) mass is 478 g/mol. The van der Waals surface area contributed by atoms with Crippen molar-refractivity contribution in [2.75, 3.05) is 5.32 Å². The molecule has 172 valence electrons. The second-order valence-electron chi connectivity index (χ2n) is 8.50. The average Bonchev–Trinajstić information content (AvgIpc) is 3.60. The number of nitrogens with zero attached hydrogens (tertiary/aromatic N) is 4. The molecule has 8 nitrogen and oxygen atoms in total. The third-order valence-corrected chi connectivity index (χ3v) is 6.56. The third kappa shape index (κ3) is 3.97. The lowest BCUT2D eigenvalue weighted by Gasteiger charge is -2.36. The Balaban J connectivity index is 1.50. The highest BCUT2D eigenvalue weighted by Crippen LogP contribution is 2.40. The Hall–Kier alpha value is -3.90. The highest BCUT2D eigenvalue weighted by atomic mass is 35.5. The van der Waals surface area contributed by atoms with Gasteiger partial charge in [-0.1, -0.05) is 11.6 Å². The molecule has 10 heteroatoms. The van der Waals surface area contributed by atoms with Gasteiger partial charge in [-0.3, -0.25) is 9.48 Å². The summed E-state index contributed by atoms with van der Waals surface area (Å²) in [4.78, 5) is 27.4. The Labute approximate surface area is 199 Å². The van der Waals surface area contributed by atoms with Gasteiger partial charge in [-0.25, -0.2) is 9.18 Å². The summed E-state index contributed by atoms with van der Waals surface area (Å²) in [5.74, 6) is -0.923. The number of carbonyl (C=O) groups is 2. The normalized spacial score (nSPS) is 17.1. The lowest BCUT2D eigenvalue weighted by Crippen LogP contribution is -2.49. The van der Waals surface area contributed by atoms with Crippen LogP contribution in [-0.2, 0) is 13.1 Å². The molecule has 34 heavy (non-hydrogen) atoms. The van der Waals surface area contributed by atoms with E-state index in [1.165, 1.54) is 18.2 Å². The van der Waals surface area contributed by atoms with Crippen LogP contribution in [0.1, 0.15) is 34.5 Å². The second kappa shape index (κ2) is 8.47. The summed E-state index contributed by atoms with van der Waals surface area (Å²) in [5.41, 5.74) is 8.28. The van der Waals surface area contributed by atoms with Crippen LogP contribution in [0.25, 0.3) is 11.3 Å². The molecule has 1 atom stereocenters. The Kier molecular flexibility index (Phi) is 5.46. The highest BCUT2D eigenvalue weighted by molar-refractivity contribution is 6.31. The molecule has 1 saturated carbocycles. The average molecular weight is 479 g/mol. The van der Waals surface area contributed by atoms with Gasteiger partial charge < -0.3 is 16.0 Å². The number of carbonyl (C=O) groups excluding carboxylic acids is 2. The van der Waals surface area contributed by atoms with Gasteiger partial charge in [0.05, 0.1) is 47.0 Å². The van der Waals surface area contributed by atoms with E-state index >= 15 is 0 Å². The number of benzene rings is 2. The predicted octanol–water partition coefficient (Wildman–Crippen LogP) is 4.14. The first-order valence-electron chi connectivity index (χ1n) is 10.8. The van der Waals surface area contributed by atoms with Crippen molar-refractivity contribution in [3.05, 3.63) is 70.1 Å². The number of anilines is 1. The maximum absolute atomic E-state index is 13.7. The maximum Gasteiger partial charge on any atom is 0.322 e. The molecule has 5 rings (SSSR count). The van der Waals surface area contributed by atoms with Crippen LogP contribution in [0, 0.1) is 23.1 Å². The third-order valence-electron chi connectivity index (χ3n) is 6.27. The van der Waals surface area contributed by atoms with Crippen molar-refractivity contribution < 1.29 is 14.0 Å². The molecular weight excluding hydrogens is 459 g/mol. The summed E-state index contributed by atoms with van der Waals surface area (Å²) in [6, 6.07) is 12.3. The Bertz CT molecular complexity index is 1340. The van der Waals surface area contributed by atoms with E-state index in [1.54, 1.807) is 33.8 Å². The second-order valence-corrected chi connectivity index (χ2v) is 8.90. The van der Waals surface area contributed by atoms with Gasteiger partial charge in [0, 0.05) is 11.3 Å². The number of nitriles is 1. The number of aromatic nitrogens is 2. The summed E-state index contributed by atoms with van der Waals surface area (Å²) in [7, 11) is 0. The van der Waals surface area contributed by atoms with Gasteiger partial charge in [-0.2, -0.15) is 10.4 Å². The number of fused-ring (bicyclic) bond motifs is 1. The fourth-order valence-electron chi connectivity index (χ4n) is 4.40. The van der Waals surface area contributed by atoms with E-state index in [0.29, 0.717) is 40.7 Å². The largest absolute Gasteiger partial charge is 0.365 e. The van der Waals surface area contributed by atoms with Crippen molar-refractivity contribution >= 4 is 29.2 Å². The minimum absolute atomic E-state index is 0.0850. The number of nitrogens with one attached hydrogen (secondary N) is 1. The lowest BCUT2D eigenvalue weighted by molar-refractivity contribution is 0.0993. The predicted molar refractivity (Wildman–Crippen MR) is 123 cm³/mol. The van der Waals surface area contributed by atoms with Crippen LogP contribution in [-0.4, -0.2) is 32.7 Å². The van der Waals surface area contributed by atoms with Crippen molar-refractivity contribution in [1.29, 1.82) is 5.26 Å². The molecule has 2 heterocycles. The topological polar surface area (TPSA) is 117 Å². The number of urea groups is 1. The zero-order valence-electron chi connectivity index (χ0n) is 18.0. The quantitative estimate of drug-likeness (QED) is 0.586. The van der Waals surface area contributed by atoms with Crippen molar-refractivity contribution in [1.82, 2.24) is 14.7 Å². The standard InChI is InChI=1S/C24H20ClFN6O2/c25-17-9-15(5-8-18(17)26)22-21(23(28)33)20-11-31(19(14-3-4-14)12-32(20)30-22)24(34)29-16-6-1-13(10-27)2-7-16/h1-2,5-9,14,19H,3-4,11-12H2,(H2,28,33)(H,29,34)/t19-/m1/s1. The summed E-state index contributed by atoms with van der Waals surface area (Å²) < 4.78 is 15.4. The summed E-state index contributed by atoms with van der Waals surface area (Å²) in [6.07, 6.45) is 2.01. The van der Waals surface area contributed by atoms with E-state index < -0.39 is 11.7 Å². The van der Waals surface area contributed by atoms with E-state index in [2.05, 4.69) is 10.4 Å². The number of hydrogen-bond donors (Lipinski definition) is 2. The number of nitrogens with two attached hydrogens (primary N) is 1. The number of amides is 3. The Morgan fingerprint density at radius 1 is 1.21 bits per heavy atom. The van der Waals surface area contributed by atoms with Crippen LogP contribution in [0.4, 0.5) is 14.9 Å². The number of hydrogen-bond acceptors (Lipinski definition) is 4. The van der Waals surface area contributed by atoms with Crippen molar-refractivity contribution in [3.8, 4) is 17.3 Å². The van der Waals surface area contributed by atoms with Crippen LogP contribution in [0.15, 0.2) is 42.5 Å². The van der Waals surface area contributed by atoms with Crippen LogP contribution in [0.3, 0.4) is 0 Å². The smallest absolute Gasteiger partial charge is 0.322 e. The van der Waals surface area contributed by atoms with Crippen LogP contribution >= 0.6 is 11.6 Å². The van der Waals surface area contributed by atoms with Crippen molar-refractivity contribution in [2.24, 2.45) is 11.7 Å². The van der Waals surface area contributed by atoms with Crippen LogP contribution in [0.2, 0.25) is 5.02 Å². The highest BCUT2D eigenvalue weighted by Gasteiger charge is 2.42. The van der Waals surface area contributed by atoms with E-state index in [1.807, 2.05) is 6.07 Å². The van der Waals surface area contributed by atoms with Gasteiger partial charge in [-0.15, -0.1) is 0 Å². The molecule has 0 radical (unpaired) electrons. The van der Waals surface area contributed by atoms with Gasteiger partial charge in [0.2, 0.25) is 0 Å². The molecule has 1 aromatic heterocycles. The van der Waals surface area contributed by atoms with Crippen LogP contribution < -0.4 is 11.1 Å². The summed E-state index contributed by atoms with van der Waals surface area (Å²) >= 11 is 5.95. The molecule has 3 aromatic rings. The molecule has 1 fully saturated rings.